The molecule has 3 saturated carbocycles. The van der Waals surface area contributed by atoms with Crippen molar-refractivity contribution in [3.63, 3.8) is 0 Å². The summed E-state index contributed by atoms with van der Waals surface area (Å²) in [4.78, 5) is 17.4. The fourth-order valence-corrected chi connectivity index (χ4v) is 5.88. The summed E-state index contributed by atoms with van der Waals surface area (Å²) in [7, 11) is 1.50. The van der Waals surface area contributed by atoms with Crippen LogP contribution in [0, 0.1) is 29.0 Å². The van der Waals surface area contributed by atoms with Crippen molar-refractivity contribution in [3.05, 3.63) is 64.5 Å². The number of methoxy groups -OCH3 is 1. The third-order valence-corrected chi connectivity index (χ3v) is 8.33. The lowest BCUT2D eigenvalue weighted by atomic mass is 9.45. The van der Waals surface area contributed by atoms with Crippen molar-refractivity contribution in [1.29, 1.82) is 0 Å². The molecule has 6 rings (SSSR count). The van der Waals surface area contributed by atoms with Crippen molar-refractivity contribution >= 4 is 16.6 Å². The lowest BCUT2D eigenvalue weighted by Crippen LogP contribution is -2.56. The van der Waals surface area contributed by atoms with E-state index in [0.717, 1.165) is 18.3 Å². The Morgan fingerprint density at radius 3 is 2.74 bits per heavy atom. The highest BCUT2D eigenvalue weighted by atomic mass is 19.1. The number of benzene rings is 2. The minimum Gasteiger partial charge on any atom is -0.497 e. The minimum absolute atomic E-state index is 0.148. The fraction of sp³-hybridized carbons (Fsp3) is 0.481. The van der Waals surface area contributed by atoms with Gasteiger partial charge in [0, 0.05) is 12.6 Å². The zero-order valence-electron chi connectivity index (χ0n) is 20.2. The van der Waals surface area contributed by atoms with Crippen LogP contribution in [-0.2, 0) is 13.0 Å². The Morgan fingerprint density at radius 1 is 1.21 bits per heavy atom. The van der Waals surface area contributed by atoms with Gasteiger partial charge in [-0.05, 0) is 72.3 Å². The van der Waals surface area contributed by atoms with E-state index < -0.39 is 0 Å². The first-order valence-corrected chi connectivity index (χ1v) is 12.0. The van der Waals surface area contributed by atoms with Crippen LogP contribution in [0.15, 0.2) is 57.7 Å². The van der Waals surface area contributed by atoms with Gasteiger partial charge < -0.3 is 4.74 Å². The highest BCUT2D eigenvalue weighted by Gasteiger charge is 2.56. The number of azo groups is 1. The highest BCUT2D eigenvalue weighted by Crippen LogP contribution is 2.61. The van der Waals surface area contributed by atoms with E-state index in [0.29, 0.717) is 52.2 Å². The number of rotatable bonds is 6. The largest absolute Gasteiger partial charge is 0.497 e. The number of aromatic nitrogens is 2. The van der Waals surface area contributed by atoms with Gasteiger partial charge in [-0.2, -0.15) is 10.2 Å². The first-order valence-electron chi connectivity index (χ1n) is 12.0. The lowest BCUT2D eigenvalue weighted by Gasteiger charge is -2.61. The Labute approximate surface area is 198 Å². The van der Waals surface area contributed by atoms with Gasteiger partial charge in [0.2, 0.25) is 0 Å². The van der Waals surface area contributed by atoms with Crippen molar-refractivity contribution in [2.24, 2.45) is 33.4 Å². The Kier molecular flexibility index (Phi) is 5.74. The van der Waals surface area contributed by atoms with E-state index in [4.69, 9.17) is 4.74 Å². The van der Waals surface area contributed by atoms with Gasteiger partial charge in [0.25, 0.3) is 5.56 Å². The monoisotopic (exact) mass is 462 g/mol. The van der Waals surface area contributed by atoms with Crippen LogP contribution in [0.3, 0.4) is 0 Å². The molecule has 1 aromatic heterocycles. The molecular weight excluding hydrogens is 431 g/mol. The summed E-state index contributed by atoms with van der Waals surface area (Å²) in [6.07, 6.45) is 4.32. The molecule has 0 spiro atoms. The highest BCUT2D eigenvalue weighted by molar-refractivity contribution is 5.80. The average molecular weight is 463 g/mol. The number of hydrogen-bond acceptors (Lipinski definition) is 5. The van der Waals surface area contributed by atoms with E-state index in [1.165, 1.54) is 30.5 Å². The molecule has 0 radical (unpaired) electrons. The molecule has 178 valence electrons. The second-order valence-electron chi connectivity index (χ2n) is 10.4. The number of aryl methyl sites for hydroxylation is 2. The second kappa shape index (κ2) is 8.60. The molecule has 7 heteroatoms. The van der Waals surface area contributed by atoms with E-state index in [1.54, 1.807) is 18.2 Å². The average Bonchev–Trinajstić information content (AvgIpc) is 2.83. The topological polar surface area (TPSA) is 68.8 Å². The zero-order chi connectivity index (χ0) is 24.0. The maximum Gasteiger partial charge on any atom is 0.261 e. The van der Waals surface area contributed by atoms with Crippen LogP contribution in [0.25, 0.3) is 10.9 Å². The van der Waals surface area contributed by atoms with Crippen LogP contribution < -0.4 is 10.3 Å². The number of ether oxygens (including phenoxy) is 1. The van der Waals surface area contributed by atoms with Crippen molar-refractivity contribution < 1.29 is 9.13 Å². The molecule has 6 nitrogen and oxygen atoms in total. The van der Waals surface area contributed by atoms with Gasteiger partial charge in [0.1, 0.15) is 11.6 Å². The first-order chi connectivity index (χ1) is 16.3. The van der Waals surface area contributed by atoms with Gasteiger partial charge in [0.05, 0.1) is 36.1 Å². The summed E-state index contributed by atoms with van der Waals surface area (Å²) in [6.45, 7) is 7.40. The van der Waals surface area contributed by atoms with Gasteiger partial charge in [-0.25, -0.2) is 9.37 Å². The van der Waals surface area contributed by atoms with Crippen molar-refractivity contribution in [3.8, 4) is 5.75 Å². The normalized spacial score (nSPS) is 25.4. The molecule has 2 aromatic carbocycles. The summed E-state index contributed by atoms with van der Waals surface area (Å²) < 4.78 is 20.8. The van der Waals surface area contributed by atoms with Crippen LogP contribution in [0.1, 0.15) is 39.2 Å². The fourth-order valence-electron chi connectivity index (χ4n) is 5.88. The predicted molar refractivity (Wildman–Crippen MR) is 130 cm³/mol. The van der Waals surface area contributed by atoms with Gasteiger partial charge in [-0.3, -0.25) is 9.36 Å². The van der Waals surface area contributed by atoms with Crippen molar-refractivity contribution in [2.75, 3.05) is 7.11 Å². The van der Waals surface area contributed by atoms with Gasteiger partial charge >= 0.3 is 0 Å². The summed E-state index contributed by atoms with van der Waals surface area (Å²) in [6, 6.07) is 10.4. The van der Waals surface area contributed by atoms with Crippen LogP contribution in [0.2, 0.25) is 0 Å². The molecule has 3 aliphatic carbocycles. The predicted octanol–water partition coefficient (Wildman–Crippen LogP) is 5.94. The Balaban J connectivity index is 1.30. The van der Waals surface area contributed by atoms with E-state index in [-0.39, 0.29) is 17.4 Å². The molecule has 1 unspecified atom stereocenters. The SMILES string of the molecule is COc1ccc(CCn2cnc3cc(N=NC4C[C@H]5C[C@@H]([C@@H]4C)C5(C)C)ccc3c2=O)c(F)c1. The van der Waals surface area contributed by atoms with Crippen LogP contribution >= 0.6 is 0 Å². The smallest absolute Gasteiger partial charge is 0.261 e. The van der Waals surface area contributed by atoms with Crippen molar-refractivity contribution in [2.45, 2.75) is 52.6 Å². The van der Waals surface area contributed by atoms with E-state index in [2.05, 4.69) is 36.0 Å². The molecule has 1 heterocycles. The zero-order valence-corrected chi connectivity index (χ0v) is 20.2. The van der Waals surface area contributed by atoms with Crippen molar-refractivity contribution in [1.82, 2.24) is 9.55 Å². The molecule has 0 saturated heterocycles. The molecule has 2 bridgehead atoms. The van der Waals surface area contributed by atoms with E-state index >= 15 is 0 Å². The molecule has 34 heavy (non-hydrogen) atoms. The maximum absolute atomic E-state index is 14.2. The van der Waals surface area contributed by atoms with Crippen LogP contribution in [0.5, 0.6) is 5.75 Å². The molecule has 4 atom stereocenters. The van der Waals surface area contributed by atoms with Gasteiger partial charge in [-0.15, -0.1) is 0 Å². The third kappa shape index (κ3) is 3.91. The van der Waals surface area contributed by atoms with Crippen LogP contribution in [0.4, 0.5) is 10.1 Å². The summed E-state index contributed by atoms with van der Waals surface area (Å²) in [5, 5.41) is 9.71. The minimum atomic E-state index is -0.343. The molecular formula is C27H31FN4O2. The molecule has 0 amide bonds. The summed E-state index contributed by atoms with van der Waals surface area (Å²) >= 11 is 0. The number of hydrogen-bond donors (Lipinski definition) is 0. The maximum atomic E-state index is 14.2. The Bertz CT molecular complexity index is 1320. The number of fused-ring (bicyclic) bond motifs is 3. The van der Waals surface area contributed by atoms with Gasteiger partial charge in [-0.1, -0.05) is 26.8 Å². The molecule has 3 aromatic rings. The van der Waals surface area contributed by atoms with Gasteiger partial charge in [0.15, 0.2) is 0 Å². The second-order valence-corrected chi connectivity index (χ2v) is 10.4. The first kappa shape index (κ1) is 22.7. The quantitative estimate of drug-likeness (QED) is 0.426. The number of nitrogens with zero attached hydrogens (tertiary/aromatic N) is 4. The summed E-state index contributed by atoms with van der Waals surface area (Å²) in [5.41, 5.74) is 2.11. The lowest BCUT2D eigenvalue weighted by molar-refractivity contribution is -0.109. The molecule has 3 aliphatic rings. The van der Waals surface area contributed by atoms with E-state index in [9.17, 15) is 9.18 Å². The van der Waals surface area contributed by atoms with Crippen LogP contribution in [-0.4, -0.2) is 22.7 Å². The Morgan fingerprint density at radius 2 is 2.03 bits per heavy atom. The van der Waals surface area contributed by atoms with E-state index in [1.807, 2.05) is 12.1 Å². The molecule has 0 aliphatic heterocycles. The Hall–Kier alpha value is -3.09. The third-order valence-electron chi connectivity index (χ3n) is 8.33. The standard InChI is InChI=1S/C27H31FN4O2/c1-16-22-11-18(27(22,2)3)12-24(16)31-30-19-6-8-21-25(13-19)29-15-32(26(21)33)10-9-17-5-7-20(34-4)14-23(17)28/h5-8,13-16,18,22,24H,9-12H2,1-4H3/t16-,18+,22-,24?/m0/s1. The number of halogens is 1. The molecule has 3 fully saturated rings. The molecule has 0 N–H and O–H groups in total. The summed E-state index contributed by atoms with van der Waals surface area (Å²) in [5.74, 6) is 2.12.